The van der Waals surface area contributed by atoms with Crippen molar-refractivity contribution in [3.8, 4) is 0 Å². The largest absolute Gasteiger partial charge is 0.462 e. The molecule has 17 heavy (non-hydrogen) atoms. The summed E-state index contributed by atoms with van der Waals surface area (Å²) in [6.07, 6.45) is 7.62. The van der Waals surface area contributed by atoms with E-state index in [0.29, 0.717) is 23.2 Å². The highest BCUT2D eigenvalue weighted by atomic mass is 35.5. The molecule has 0 radical (unpaired) electrons. The highest BCUT2D eigenvalue weighted by Crippen LogP contribution is 2.23. The van der Waals surface area contributed by atoms with Crippen molar-refractivity contribution in [1.82, 2.24) is 4.98 Å². The smallest absolute Gasteiger partial charge is 0.339 e. The number of carbonyl (C=O) groups excluding carboxylic acids is 1. The zero-order valence-electron chi connectivity index (χ0n) is 9.69. The van der Waals surface area contributed by atoms with E-state index in [1.807, 2.05) is 0 Å². The summed E-state index contributed by atoms with van der Waals surface area (Å²) in [5, 5.41) is 0.383. The summed E-state index contributed by atoms with van der Waals surface area (Å²) in [5.41, 5.74) is 0.463. The minimum absolute atomic E-state index is 0.306. The van der Waals surface area contributed by atoms with Crippen LogP contribution in [0.25, 0.3) is 0 Å². The molecule has 0 spiro atoms. The number of ether oxygens (including phenoxy) is 1. The Kier molecular flexibility index (Phi) is 4.37. The monoisotopic (exact) mass is 253 g/mol. The third-order valence-electron chi connectivity index (χ3n) is 3.14. The summed E-state index contributed by atoms with van der Waals surface area (Å²) in [6, 6.07) is 3.23. The van der Waals surface area contributed by atoms with Gasteiger partial charge in [0.15, 0.2) is 0 Å². The van der Waals surface area contributed by atoms with Crippen LogP contribution in [0.4, 0.5) is 0 Å². The average molecular weight is 254 g/mol. The SMILES string of the molecule is O=C(OCC1CCCCC1)c1ccc(Cl)nc1. The Bertz CT molecular complexity index is 372. The maximum Gasteiger partial charge on any atom is 0.339 e. The number of hydrogen-bond acceptors (Lipinski definition) is 3. The topological polar surface area (TPSA) is 39.2 Å². The van der Waals surface area contributed by atoms with E-state index >= 15 is 0 Å². The van der Waals surface area contributed by atoms with Gasteiger partial charge in [0.1, 0.15) is 5.15 Å². The lowest BCUT2D eigenvalue weighted by Crippen LogP contribution is -2.16. The number of esters is 1. The van der Waals surface area contributed by atoms with Crippen molar-refractivity contribution in [3.05, 3.63) is 29.0 Å². The first-order valence-electron chi connectivity index (χ1n) is 6.04. The van der Waals surface area contributed by atoms with E-state index in [4.69, 9.17) is 16.3 Å². The van der Waals surface area contributed by atoms with Gasteiger partial charge in [-0.3, -0.25) is 0 Å². The summed E-state index contributed by atoms with van der Waals surface area (Å²) in [6.45, 7) is 0.529. The molecule has 1 aromatic rings. The molecule has 4 heteroatoms. The van der Waals surface area contributed by atoms with E-state index in [2.05, 4.69) is 4.98 Å². The lowest BCUT2D eigenvalue weighted by Gasteiger charge is -2.20. The molecule has 1 aliphatic carbocycles. The van der Waals surface area contributed by atoms with Crippen molar-refractivity contribution < 1.29 is 9.53 Å². The molecule has 0 aliphatic heterocycles. The van der Waals surface area contributed by atoms with Crippen molar-refractivity contribution in [2.24, 2.45) is 5.92 Å². The molecule has 0 N–H and O–H groups in total. The van der Waals surface area contributed by atoms with Gasteiger partial charge in [-0.15, -0.1) is 0 Å². The summed E-state index contributed by atoms with van der Waals surface area (Å²) in [4.78, 5) is 15.6. The second-order valence-electron chi connectivity index (χ2n) is 4.47. The highest BCUT2D eigenvalue weighted by Gasteiger charge is 2.16. The van der Waals surface area contributed by atoms with Gasteiger partial charge in [0.05, 0.1) is 12.2 Å². The van der Waals surface area contributed by atoms with Gasteiger partial charge in [-0.1, -0.05) is 30.9 Å². The van der Waals surface area contributed by atoms with Gasteiger partial charge in [-0.25, -0.2) is 9.78 Å². The van der Waals surface area contributed by atoms with Gasteiger partial charge >= 0.3 is 5.97 Å². The molecule has 0 unspecified atom stereocenters. The van der Waals surface area contributed by atoms with Crippen LogP contribution in [0.2, 0.25) is 5.15 Å². The molecule has 2 rings (SSSR count). The summed E-state index contributed by atoms with van der Waals surface area (Å²) < 4.78 is 5.29. The van der Waals surface area contributed by atoms with E-state index in [-0.39, 0.29) is 5.97 Å². The number of nitrogens with zero attached hydrogens (tertiary/aromatic N) is 1. The quantitative estimate of drug-likeness (QED) is 0.612. The molecule has 1 saturated carbocycles. The molecule has 0 bridgehead atoms. The highest BCUT2D eigenvalue weighted by molar-refractivity contribution is 6.29. The van der Waals surface area contributed by atoms with Gasteiger partial charge in [-0.05, 0) is 30.9 Å². The van der Waals surface area contributed by atoms with E-state index in [1.165, 1.54) is 38.3 Å². The predicted molar refractivity (Wildman–Crippen MR) is 66.1 cm³/mol. The Morgan fingerprint density at radius 2 is 2.12 bits per heavy atom. The third kappa shape index (κ3) is 3.70. The van der Waals surface area contributed by atoms with Gasteiger partial charge in [-0.2, -0.15) is 0 Å². The van der Waals surface area contributed by atoms with E-state index in [9.17, 15) is 4.79 Å². The minimum atomic E-state index is -0.306. The number of halogens is 1. The number of aromatic nitrogens is 1. The molecular weight excluding hydrogens is 238 g/mol. The zero-order valence-corrected chi connectivity index (χ0v) is 10.4. The maximum atomic E-state index is 11.7. The molecule has 1 aliphatic rings. The fraction of sp³-hybridized carbons (Fsp3) is 0.538. The fourth-order valence-corrected chi connectivity index (χ4v) is 2.24. The van der Waals surface area contributed by atoms with Crippen molar-refractivity contribution >= 4 is 17.6 Å². The van der Waals surface area contributed by atoms with Crippen molar-refractivity contribution in [3.63, 3.8) is 0 Å². The Morgan fingerprint density at radius 1 is 1.35 bits per heavy atom. The van der Waals surface area contributed by atoms with Crippen molar-refractivity contribution in [2.45, 2.75) is 32.1 Å². The van der Waals surface area contributed by atoms with Crippen LogP contribution in [-0.2, 0) is 4.74 Å². The van der Waals surface area contributed by atoms with E-state index < -0.39 is 0 Å². The second kappa shape index (κ2) is 6.01. The van der Waals surface area contributed by atoms with Crippen LogP contribution < -0.4 is 0 Å². The lowest BCUT2D eigenvalue weighted by molar-refractivity contribution is 0.0410. The Balaban J connectivity index is 1.82. The van der Waals surface area contributed by atoms with Crippen molar-refractivity contribution in [2.75, 3.05) is 6.61 Å². The Labute approximate surface area is 106 Å². The fourth-order valence-electron chi connectivity index (χ4n) is 2.13. The molecule has 0 aromatic carbocycles. The maximum absolute atomic E-state index is 11.7. The standard InChI is InChI=1S/C13H16ClNO2/c14-12-7-6-11(8-15-12)13(16)17-9-10-4-2-1-3-5-10/h6-8,10H,1-5,9H2. The molecule has 1 heterocycles. The molecular formula is C13H16ClNO2. The van der Waals surface area contributed by atoms with Crippen LogP contribution in [0.3, 0.4) is 0 Å². The first-order chi connectivity index (χ1) is 8.25. The van der Waals surface area contributed by atoms with E-state index in [0.717, 1.165) is 0 Å². The van der Waals surface area contributed by atoms with Crippen LogP contribution in [0.1, 0.15) is 42.5 Å². The Morgan fingerprint density at radius 3 is 2.76 bits per heavy atom. The van der Waals surface area contributed by atoms with Crippen LogP contribution in [0, 0.1) is 5.92 Å². The third-order valence-corrected chi connectivity index (χ3v) is 3.36. The first kappa shape index (κ1) is 12.4. The summed E-state index contributed by atoms with van der Waals surface area (Å²) >= 11 is 5.65. The van der Waals surface area contributed by atoms with Gasteiger partial charge < -0.3 is 4.74 Å². The van der Waals surface area contributed by atoms with Crippen LogP contribution >= 0.6 is 11.6 Å². The van der Waals surface area contributed by atoms with Crippen molar-refractivity contribution in [1.29, 1.82) is 0 Å². The molecule has 92 valence electrons. The van der Waals surface area contributed by atoms with Gasteiger partial charge in [0.25, 0.3) is 0 Å². The number of rotatable bonds is 3. The predicted octanol–water partition coefficient (Wildman–Crippen LogP) is 3.47. The normalized spacial score (nSPS) is 16.8. The van der Waals surface area contributed by atoms with Gasteiger partial charge in [0, 0.05) is 6.20 Å². The second-order valence-corrected chi connectivity index (χ2v) is 4.86. The number of carbonyl (C=O) groups is 1. The molecule has 0 amide bonds. The average Bonchev–Trinajstić information content (AvgIpc) is 2.38. The first-order valence-corrected chi connectivity index (χ1v) is 6.42. The van der Waals surface area contributed by atoms with Crippen LogP contribution in [0.5, 0.6) is 0 Å². The number of pyridine rings is 1. The summed E-state index contributed by atoms with van der Waals surface area (Å²) in [5.74, 6) is 0.229. The minimum Gasteiger partial charge on any atom is -0.462 e. The zero-order chi connectivity index (χ0) is 12.1. The van der Waals surface area contributed by atoms with E-state index in [1.54, 1.807) is 12.1 Å². The van der Waals surface area contributed by atoms with Crippen LogP contribution in [-0.4, -0.2) is 17.6 Å². The molecule has 0 atom stereocenters. The molecule has 3 nitrogen and oxygen atoms in total. The Hall–Kier alpha value is -1.09. The molecule has 1 fully saturated rings. The summed E-state index contributed by atoms with van der Waals surface area (Å²) in [7, 11) is 0. The number of hydrogen-bond donors (Lipinski definition) is 0. The lowest BCUT2D eigenvalue weighted by atomic mass is 9.90. The molecule has 1 aromatic heterocycles. The van der Waals surface area contributed by atoms with Crippen LogP contribution in [0.15, 0.2) is 18.3 Å². The molecule has 0 saturated heterocycles. The van der Waals surface area contributed by atoms with Gasteiger partial charge in [0.2, 0.25) is 0 Å².